The summed E-state index contributed by atoms with van der Waals surface area (Å²) in [5.74, 6) is 0.841. The fourth-order valence-corrected chi connectivity index (χ4v) is 2.36. The van der Waals surface area contributed by atoms with Gasteiger partial charge in [-0.25, -0.2) is 0 Å². The molecule has 1 saturated carbocycles. The minimum atomic E-state index is -0.0346. The van der Waals surface area contributed by atoms with E-state index in [1.54, 1.807) is 24.3 Å². The molecule has 1 aliphatic rings. The van der Waals surface area contributed by atoms with E-state index in [-0.39, 0.29) is 5.91 Å². The van der Waals surface area contributed by atoms with Crippen molar-refractivity contribution in [3.05, 3.63) is 29.8 Å². The van der Waals surface area contributed by atoms with Gasteiger partial charge in [-0.3, -0.25) is 4.79 Å². The van der Waals surface area contributed by atoms with Crippen LogP contribution in [0.2, 0.25) is 0 Å². The third-order valence-electron chi connectivity index (χ3n) is 3.86. The zero-order valence-electron chi connectivity index (χ0n) is 12.3. The van der Waals surface area contributed by atoms with Gasteiger partial charge in [-0.15, -0.1) is 0 Å². The predicted molar refractivity (Wildman–Crippen MR) is 81.8 cm³/mol. The van der Waals surface area contributed by atoms with Crippen molar-refractivity contribution in [3.8, 4) is 6.07 Å². The van der Waals surface area contributed by atoms with Crippen molar-refractivity contribution in [2.75, 3.05) is 18.5 Å². The van der Waals surface area contributed by atoms with Crippen molar-refractivity contribution < 1.29 is 9.53 Å². The molecule has 4 nitrogen and oxygen atoms in total. The average Bonchev–Trinajstić information content (AvgIpc) is 2.44. The number of hydrogen-bond acceptors (Lipinski definition) is 3. The Bertz CT molecular complexity index is 504. The Hall–Kier alpha value is -1.86. The molecule has 0 aromatic heterocycles. The van der Waals surface area contributed by atoms with Gasteiger partial charge in [-0.05, 0) is 37.0 Å². The lowest BCUT2D eigenvalue weighted by Crippen LogP contribution is -2.15. The fraction of sp³-hybridized carbons (Fsp3) is 0.529. The number of ether oxygens (including phenoxy) is 1. The zero-order chi connectivity index (χ0) is 14.9. The van der Waals surface area contributed by atoms with Gasteiger partial charge in [-0.2, -0.15) is 5.26 Å². The van der Waals surface area contributed by atoms with Crippen molar-refractivity contribution in [1.82, 2.24) is 0 Å². The molecule has 1 aromatic carbocycles. The average molecular weight is 286 g/mol. The molecule has 2 rings (SSSR count). The number of carbonyl (C=O) groups excluding carboxylic acids is 1. The van der Waals surface area contributed by atoms with Crippen LogP contribution in [-0.4, -0.2) is 19.1 Å². The molecule has 4 heteroatoms. The molecule has 1 aliphatic carbocycles. The van der Waals surface area contributed by atoms with Crippen LogP contribution in [0.4, 0.5) is 5.69 Å². The molecule has 21 heavy (non-hydrogen) atoms. The maximum absolute atomic E-state index is 11.8. The highest BCUT2D eigenvalue weighted by molar-refractivity contribution is 5.90. The summed E-state index contributed by atoms with van der Waals surface area (Å²) in [7, 11) is 0. The van der Waals surface area contributed by atoms with E-state index >= 15 is 0 Å². The van der Waals surface area contributed by atoms with Crippen molar-refractivity contribution in [1.29, 1.82) is 5.26 Å². The van der Waals surface area contributed by atoms with E-state index in [1.807, 2.05) is 0 Å². The molecule has 0 heterocycles. The second-order valence-corrected chi connectivity index (χ2v) is 5.54. The molecule has 0 saturated heterocycles. The molecule has 0 bridgehead atoms. The van der Waals surface area contributed by atoms with Crippen molar-refractivity contribution in [3.63, 3.8) is 0 Å². The molecule has 1 amide bonds. The molecular formula is C17H22N2O2. The molecule has 0 spiro atoms. The van der Waals surface area contributed by atoms with Gasteiger partial charge in [0.2, 0.25) is 5.91 Å². The Kier molecular flexibility index (Phi) is 6.23. The van der Waals surface area contributed by atoms with E-state index in [4.69, 9.17) is 10.00 Å². The van der Waals surface area contributed by atoms with E-state index in [2.05, 4.69) is 11.4 Å². The molecule has 0 unspecified atom stereocenters. The Labute approximate surface area is 126 Å². The number of amides is 1. The van der Waals surface area contributed by atoms with Crippen LogP contribution in [0.15, 0.2) is 24.3 Å². The zero-order valence-corrected chi connectivity index (χ0v) is 12.3. The number of anilines is 1. The van der Waals surface area contributed by atoms with Gasteiger partial charge in [0.05, 0.1) is 11.6 Å². The number of carbonyl (C=O) groups is 1. The van der Waals surface area contributed by atoms with E-state index < -0.39 is 0 Å². The van der Waals surface area contributed by atoms with Crippen LogP contribution in [-0.2, 0) is 9.53 Å². The summed E-state index contributed by atoms with van der Waals surface area (Å²) in [5, 5.41) is 11.6. The van der Waals surface area contributed by atoms with Gasteiger partial charge in [0.15, 0.2) is 0 Å². The molecule has 112 valence electrons. The van der Waals surface area contributed by atoms with Crippen LogP contribution >= 0.6 is 0 Å². The summed E-state index contributed by atoms with van der Waals surface area (Å²) < 4.78 is 5.55. The SMILES string of the molecule is N#Cc1cccc(NC(=O)CCCOCCC2CCC2)c1. The number of nitrogens with zero attached hydrogens (tertiary/aromatic N) is 1. The standard InChI is InChI=1S/C17H22N2O2/c18-13-15-6-2-7-16(12-15)19-17(20)8-3-10-21-11-9-14-4-1-5-14/h2,6-7,12,14H,1,3-5,8-11H2,(H,19,20). The van der Waals surface area contributed by atoms with Gasteiger partial charge >= 0.3 is 0 Å². The monoisotopic (exact) mass is 286 g/mol. The van der Waals surface area contributed by atoms with E-state index in [0.717, 1.165) is 25.4 Å². The van der Waals surface area contributed by atoms with Gasteiger partial charge in [0.1, 0.15) is 0 Å². The maximum Gasteiger partial charge on any atom is 0.224 e. The lowest BCUT2D eigenvalue weighted by Gasteiger charge is -2.24. The van der Waals surface area contributed by atoms with Crippen LogP contribution in [0.3, 0.4) is 0 Å². The first-order chi connectivity index (χ1) is 10.3. The number of rotatable bonds is 8. The van der Waals surface area contributed by atoms with Crippen LogP contribution in [0.25, 0.3) is 0 Å². The first-order valence-corrected chi connectivity index (χ1v) is 7.65. The Morgan fingerprint density at radius 3 is 2.95 bits per heavy atom. The number of benzene rings is 1. The summed E-state index contributed by atoms with van der Waals surface area (Å²) in [6.45, 7) is 1.45. The summed E-state index contributed by atoms with van der Waals surface area (Å²) in [4.78, 5) is 11.8. The fourth-order valence-electron chi connectivity index (χ4n) is 2.36. The molecule has 0 atom stereocenters. The summed E-state index contributed by atoms with van der Waals surface area (Å²) in [6.07, 6.45) is 6.42. The lowest BCUT2D eigenvalue weighted by molar-refractivity contribution is -0.116. The van der Waals surface area contributed by atoms with E-state index in [1.165, 1.54) is 19.3 Å². The molecular weight excluding hydrogens is 264 g/mol. The first-order valence-electron chi connectivity index (χ1n) is 7.65. The second-order valence-electron chi connectivity index (χ2n) is 5.54. The minimum Gasteiger partial charge on any atom is -0.381 e. The predicted octanol–water partition coefficient (Wildman–Crippen LogP) is 3.48. The maximum atomic E-state index is 11.8. The van der Waals surface area contributed by atoms with Crippen LogP contribution in [0, 0.1) is 17.2 Å². The highest BCUT2D eigenvalue weighted by Gasteiger charge is 2.16. The third kappa shape index (κ3) is 5.57. The molecule has 1 N–H and O–H groups in total. The van der Waals surface area contributed by atoms with Gasteiger partial charge in [-0.1, -0.05) is 25.3 Å². The third-order valence-corrected chi connectivity index (χ3v) is 3.86. The topological polar surface area (TPSA) is 62.1 Å². The van der Waals surface area contributed by atoms with Crippen molar-refractivity contribution >= 4 is 11.6 Å². The Morgan fingerprint density at radius 1 is 1.38 bits per heavy atom. The molecule has 0 aliphatic heterocycles. The van der Waals surface area contributed by atoms with Crippen molar-refractivity contribution in [2.24, 2.45) is 5.92 Å². The summed E-state index contributed by atoms with van der Waals surface area (Å²) in [5.41, 5.74) is 1.22. The minimum absolute atomic E-state index is 0.0346. The summed E-state index contributed by atoms with van der Waals surface area (Å²) in [6, 6.07) is 8.99. The number of nitriles is 1. The lowest BCUT2D eigenvalue weighted by atomic mass is 9.83. The molecule has 1 fully saturated rings. The van der Waals surface area contributed by atoms with Crippen LogP contribution in [0.5, 0.6) is 0 Å². The Morgan fingerprint density at radius 2 is 2.24 bits per heavy atom. The summed E-state index contributed by atoms with van der Waals surface area (Å²) >= 11 is 0. The second kappa shape index (κ2) is 8.43. The van der Waals surface area contributed by atoms with Gasteiger partial charge < -0.3 is 10.1 Å². The van der Waals surface area contributed by atoms with E-state index in [0.29, 0.717) is 24.3 Å². The van der Waals surface area contributed by atoms with Gasteiger partial charge in [0, 0.05) is 25.3 Å². The normalized spacial score (nSPS) is 14.2. The van der Waals surface area contributed by atoms with Crippen LogP contribution < -0.4 is 5.32 Å². The quantitative estimate of drug-likeness (QED) is 0.744. The van der Waals surface area contributed by atoms with Crippen molar-refractivity contribution in [2.45, 2.75) is 38.5 Å². The number of nitrogens with one attached hydrogen (secondary N) is 1. The van der Waals surface area contributed by atoms with Crippen LogP contribution in [0.1, 0.15) is 44.1 Å². The molecule has 0 radical (unpaired) electrons. The first kappa shape index (κ1) is 15.5. The number of hydrogen-bond donors (Lipinski definition) is 1. The Balaban J connectivity index is 1.55. The highest BCUT2D eigenvalue weighted by Crippen LogP contribution is 2.29. The largest absolute Gasteiger partial charge is 0.381 e. The van der Waals surface area contributed by atoms with Gasteiger partial charge in [0.25, 0.3) is 0 Å². The highest BCUT2D eigenvalue weighted by atomic mass is 16.5. The molecule has 1 aromatic rings. The smallest absolute Gasteiger partial charge is 0.224 e. The van der Waals surface area contributed by atoms with E-state index in [9.17, 15) is 4.79 Å².